The number of unbranched alkanes of at least 4 members (excludes halogenated alkanes) is 11. The third-order valence-corrected chi connectivity index (χ3v) is 6.99. The second kappa shape index (κ2) is 14.9. The lowest BCUT2D eigenvalue weighted by Crippen LogP contribution is -2.07. The first kappa shape index (κ1) is 23.9. The van der Waals surface area contributed by atoms with Gasteiger partial charge in [0.25, 0.3) is 0 Å². The molecule has 0 fully saturated rings. The van der Waals surface area contributed by atoms with Gasteiger partial charge in [0.15, 0.2) is 9.84 Å². The van der Waals surface area contributed by atoms with Gasteiger partial charge in [-0.2, -0.15) is 0 Å². The Bertz CT molecular complexity index is 587. The van der Waals surface area contributed by atoms with Gasteiger partial charge in [-0.3, -0.25) is 0 Å². The molecular weight excluding hydrogens is 352 g/mol. The smallest absolute Gasteiger partial charge is 0.178 e. The molecule has 0 aliphatic rings. The van der Waals surface area contributed by atoms with E-state index in [2.05, 4.69) is 13.5 Å². The number of sulfone groups is 1. The zero-order chi connectivity index (χ0) is 19.8. The van der Waals surface area contributed by atoms with Gasteiger partial charge in [-0.15, -0.1) is 6.58 Å². The Morgan fingerprint density at radius 3 is 1.96 bits per heavy atom. The first-order chi connectivity index (χ1) is 13.1. The van der Waals surface area contributed by atoms with Gasteiger partial charge in [-0.05, 0) is 49.8 Å². The molecule has 3 heteroatoms. The van der Waals surface area contributed by atoms with Crippen molar-refractivity contribution < 1.29 is 8.42 Å². The highest BCUT2D eigenvalue weighted by Gasteiger charge is 2.13. The average molecular weight is 393 g/mol. The van der Waals surface area contributed by atoms with Crippen LogP contribution in [0.4, 0.5) is 0 Å². The lowest BCUT2D eigenvalue weighted by atomic mass is 10.1. The van der Waals surface area contributed by atoms with Crippen LogP contribution in [-0.4, -0.2) is 14.2 Å². The molecule has 0 atom stereocenters. The molecule has 27 heavy (non-hydrogen) atoms. The molecular formula is C24H40O2S. The van der Waals surface area contributed by atoms with Gasteiger partial charge in [0.2, 0.25) is 0 Å². The lowest BCUT2D eigenvalue weighted by Gasteiger charge is -2.07. The molecule has 0 unspecified atom stereocenters. The third-order valence-electron chi connectivity index (χ3n) is 5.17. The van der Waals surface area contributed by atoms with Crippen LogP contribution >= 0.6 is 0 Å². The molecule has 0 saturated carbocycles. The summed E-state index contributed by atoms with van der Waals surface area (Å²) >= 11 is 0. The van der Waals surface area contributed by atoms with Crippen molar-refractivity contribution in [1.29, 1.82) is 0 Å². The molecule has 154 valence electrons. The van der Waals surface area contributed by atoms with Gasteiger partial charge < -0.3 is 0 Å². The Balaban J connectivity index is 2.25. The Hall–Kier alpha value is -1.09. The topological polar surface area (TPSA) is 34.1 Å². The van der Waals surface area contributed by atoms with Crippen LogP contribution in [0.5, 0.6) is 0 Å². The van der Waals surface area contributed by atoms with E-state index in [9.17, 15) is 8.42 Å². The molecule has 0 saturated heterocycles. The van der Waals surface area contributed by atoms with Crippen molar-refractivity contribution >= 4 is 9.84 Å². The summed E-state index contributed by atoms with van der Waals surface area (Å²) in [6.45, 7) is 5.97. The highest BCUT2D eigenvalue weighted by atomic mass is 32.2. The third kappa shape index (κ3) is 11.4. The summed E-state index contributed by atoms with van der Waals surface area (Å²) in [5, 5.41) is 0. The summed E-state index contributed by atoms with van der Waals surface area (Å²) in [5.74, 6) is 0.274. The number of allylic oxidation sites excluding steroid dienone is 1. The molecule has 0 aliphatic heterocycles. The molecule has 2 nitrogen and oxygen atoms in total. The van der Waals surface area contributed by atoms with Crippen LogP contribution in [-0.2, 0) is 16.3 Å². The van der Waals surface area contributed by atoms with Gasteiger partial charge in [-0.1, -0.05) is 82.9 Å². The second-order valence-corrected chi connectivity index (χ2v) is 9.79. The molecule has 0 radical (unpaired) electrons. The van der Waals surface area contributed by atoms with Crippen molar-refractivity contribution in [3.05, 3.63) is 42.5 Å². The van der Waals surface area contributed by atoms with E-state index < -0.39 is 9.84 Å². The molecule has 0 bridgehead atoms. The first-order valence-electron chi connectivity index (χ1n) is 11.0. The quantitative estimate of drug-likeness (QED) is 0.206. The molecule has 1 rings (SSSR count). The zero-order valence-corrected chi connectivity index (χ0v) is 18.2. The van der Waals surface area contributed by atoms with Crippen molar-refractivity contribution in [3.63, 3.8) is 0 Å². The van der Waals surface area contributed by atoms with Crippen molar-refractivity contribution in [1.82, 2.24) is 0 Å². The van der Waals surface area contributed by atoms with Crippen LogP contribution in [0.2, 0.25) is 0 Å². The second-order valence-electron chi connectivity index (χ2n) is 7.68. The highest BCUT2D eigenvalue weighted by Crippen LogP contribution is 2.17. The van der Waals surface area contributed by atoms with Crippen LogP contribution in [0.25, 0.3) is 0 Å². The summed E-state index contributed by atoms with van der Waals surface area (Å²) in [4.78, 5) is 0.486. The van der Waals surface area contributed by atoms with Gasteiger partial charge in [0.05, 0.1) is 10.6 Å². The maximum Gasteiger partial charge on any atom is 0.178 e. The number of benzene rings is 1. The number of aryl methyl sites for hydroxylation is 1. The summed E-state index contributed by atoms with van der Waals surface area (Å²) in [6, 6.07) is 7.60. The highest BCUT2D eigenvalue weighted by molar-refractivity contribution is 7.91. The Kier molecular flexibility index (Phi) is 13.2. The maximum absolute atomic E-state index is 12.5. The van der Waals surface area contributed by atoms with E-state index in [1.165, 1.54) is 63.4 Å². The average Bonchev–Trinajstić information content (AvgIpc) is 2.67. The van der Waals surface area contributed by atoms with Crippen LogP contribution < -0.4 is 0 Å². The van der Waals surface area contributed by atoms with Gasteiger partial charge in [-0.25, -0.2) is 8.42 Å². The van der Waals surface area contributed by atoms with E-state index in [0.29, 0.717) is 4.90 Å². The van der Waals surface area contributed by atoms with Crippen LogP contribution in [0.3, 0.4) is 0 Å². The monoisotopic (exact) mass is 392 g/mol. The SMILES string of the molecule is C=CCCCCCCCCS(=O)(=O)c1ccc(CCCCCCCC)cc1. The van der Waals surface area contributed by atoms with E-state index in [1.54, 1.807) is 12.1 Å². The first-order valence-corrected chi connectivity index (χ1v) is 12.7. The van der Waals surface area contributed by atoms with Crippen molar-refractivity contribution in [2.75, 3.05) is 5.75 Å². The molecule has 0 aliphatic carbocycles. The maximum atomic E-state index is 12.5. The van der Waals surface area contributed by atoms with E-state index in [1.807, 2.05) is 18.2 Å². The molecule has 0 aromatic heterocycles. The largest absolute Gasteiger partial charge is 0.224 e. The molecule has 1 aromatic rings. The van der Waals surface area contributed by atoms with Gasteiger partial charge >= 0.3 is 0 Å². The minimum Gasteiger partial charge on any atom is -0.224 e. The normalized spacial score (nSPS) is 11.6. The van der Waals surface area contributed by atoms with E-state index in [-0.39, 0.29) is 5.75 Å². The van der Waals surface area contributed by atoms with E-state index in [4.69, 9.17) is 0 Å². The van der Waals surface area contributed by atoms with Crippen LogP contribution in [0, 0.1) is 0 Å². The Morgan fingerprint density at radius 1 is 0.778 bits per heavy atom. The van der Waals surface area contributed by atoms with Crippen molar-refractivity contribution in [2.24, 2.45) is 0 Å². The van der Waals surface area contributed by atoms with Crippen molar-refractivity contribution in [2.45, 2.75) is 102 Å². The zero-order valence-electron chi connectivity index (χ0n) is 17.4. The fourth-order valence-corrected chi connectivity index (χ4v) is 4.75. The van der Waals surface area contributed by atoms with Crippen LogP contribution in [0.1, 0.15) is 96.0 Å². The predicted molar refractivity (Wildman–Crippen MR) is 118 cm³/mol. The standard InChI is InChI=1S/C24H40O2S/c1-3-5-7-9-11-12-14-16-22-27(25,26)24-20-18-23(19-21-24)17-15-13-10-8-6-4-2/h3,18-21H,1,4-17,22H2,2H3. The van der Waals surface area contributed by atoms with Crippen molar-refractivity contribution in [3.8, 4) is 0 Å². The van der Waals surface area contributed by atoms with E-state index >= 15 is 0 Å². The van der Waals surface area contributed by atoms with Crippen LogP contribution in [0.15, 0.2) is 41.8 Å². The molecule has 0 heterocycles. The Labute approximate surface area is 168 Å². The lowest BCUT2D eigenvalue weighted by molar-refractivity contribution is 0.581. The summed E-state index contributed by atoms with van der Waals surface area (Å²) < 4.78 is 24.9. The summed E-state index contributed by atoms with van der Waals surface area (Å²) in [6.07, 6.45) is 18.4. The fourth-order valence-electron chi connectivity index (χ4n) is 3.38. The van der Waals surface area contributed by atoms with E-state index in [0.717, 1.165) is 32.1 Å². The van der Waals surface area contributed by atoms with Gasteiger partial charge in [0, 0.05) is 0 Å². The molecule has 1 aromatic carbocycles. The fraction of sp³-hybridized carbons (Fsp3) is 0.667. The number of hydrogen-bond acceptors (Lipinski definition) is 2. The molecule has 0 spiro atoms. The molecule has 0 N–H and O–H groups in total. The van der Waals surface area contributed by atoms with Gasteiger partial charge in [0.1, 0.15) is 0 Å². The number of rotatable bonds is 17. The summed E-state index contributed by atoms with van der Waals surface area (Å²) in [7, 11) is -3.13. The summed E-state index contributed by atoms with van der Waals surface area (Å²) in [5.41, 5.74) is 1.25. The minimum absolute atomic E-state index is 0.274. The predicted octanol–water partition coefficient (Wildman–Crippen LogP) is 7.28. The molecule has 0 amide bonds. The Morgan fingerprint density at radius 2 is 1.33 bits per heavy atom. The number of hydrogen-bond donors (Lipinski definition) is 0. The minimum atomic E-state index is -3.13.